The van der Waals surface area contributed by atoms with Crippen LogP contribution in [-0.2, 0) is 4.79 Å². The van der Waals surface area contributed by atoms with E-state index in [9.17, 15) is 9.59 Å². The average molecular weight is 345 g/mol. The van der Waals surface area contributed by atoms with Crippen LogP contribution in [0.2, 0.25) is 0 Å². The summed E-state index contributed by atoms with van der Waals surface area (Å²) in [4.78, 5) is 22.9. The zero-order chi connectivity index (χ0) is 17.4. The fourth-order valence-electron chi connectivity index (χ4n) is 2.06. The van der Waals surface area contributed by atoms with Gasteiger partial charge in [-0.1, -0.05) is 54.6 Å². The standard InChI is InChI=1S/C17H19N3O3S/c1-12(13-7-3-2-4-8-13)24-20-17(23)19-18-11-14-9-5-6-10-15(14)16(21)22/h2-12,15,18H,1H3,(H,21,22)(H2,19,20,23)/b14-11+/t12-,15?/m1/s1. The summed E-state index contributed by atoms with van der Waals surface area (Å²) in [5.74, 6) is -1.67. The molecule has 0 heterocycles. The molecule has 24 heavy (non-hydrogen) atoms. The number of carboxylic acids is 1. The summed E-state index contributed by atoms with van der Waals surface area (Å²) in [6.45, 7) is 1.99. The highest BCUT2D eigenvalue weighted by atomic mass is 32.2. The first kappa shape index (κ1) is 17.7. The minimum atomic E-state index is -0.944. The zero-order valence-corrected chi connectivity index (χ0v) is 13.9. The molecule has 0 fully saturated rings. The Labute approximate surface area is 144 Å². The number of carbonyl (C=O) groups excluding carboxylic acids is 1. The van der Waals surface area contributed by atoms with Gasteiger partial charge in [0, 0.05) is 11.4 Å². The second kappa shape index (κ2) is 8.83. The third-order valence-corrected chi connectivity index (χ3v) is 4.28. The van der Waals surface area contributed by atoms with Crippen LogP contribution < -0.4 is 15.6 Å². The van der Waals surface area contributed by atoms with E-state index in [0.29, 0.717) is 5.57 Å². The molecular formula is C17H19N3O3S. The van der Waals surface area contributed by atoms with Crippen molar-refractivity contribution in [2.75, 3.05) is 0 Å². The first-order valence-corrected chi connectivity index (χ1v) is 8.25. The number of hydrazine groups is 1. The Hall–Kier alpha value is -2.67. The van der Waals surface area contributed by atoms with Gasteiger partial charge in [0.05, 0.1) is 0 Å². The normalized spacial score (nSPS) is 18.9. The summed E-state index contributed by atoms with van der Waals surface area (Å²) >= 11 is 1.29. The lowest BCUT2D eigenvalue weighted by atomic mass is 9.96. The van der Waals surface area contributed by atoms with E-state index in [2.05, 4.69) is 15.6 Å². The summed E-state index contributed by atoms with van der Waals surface area (Å²) in [5, 5.41) is 9.22. The van der Waals surface area contributed by atoms with Gasteiger partial charge in [0.15, 0.2) is 0 Å². The fourth-order valence-corrected chi connectivity index (χ4v) is 2.69. The van der Waals surface area contributed by atoms with Gasteiger partial charge in [-0.2, -0.15) is 0 Å². The van der Waals surface area contributed by atoms with Gasteiger partial charge in [-0.05, 0) is 30.0 Å². The minimum absolute atomic E-state index is 0.109. The molecule has 0 aromatic heterocycles. The SMILES string of the molecule is C[C@@H](SNC(=O)NN/C=C1\C=CC=CC1C(=O)O)c1ccccc1. The molecule has 0 bridgehead atoms. The Morgan fingerprint density at radius 1 is 1.25 bits per heavy atom. The number of aliphatic carboxylic acids is 1. The topological polar surface area (TPSA) is 90.5 Å². The number of amides is 2. The van der Waals surface area contributed by atoms with Gasteiger partial charge in [-0.25, -0.2) is 4.79 Å². The molecule has 6 nitrogen and oxygen atoms in total. The van der Waals surface area contributed by atoms with E-state index in [1.54, 1.807) is 24.3 Å². The molecule has 4 N–H and O–H groups in total. The maximum Gasteiger partial charge on any atom is 0.343 e. The average Bonchev–Trinajstić information content (AvgIpc) is 2.60. The van der Waals surface area contributed by atoms with Crippen molar-refractivity contribution in [3.63, 3.8) is 0 Å². The van der Waals surface area contributed by atoms with Gasteiger partial charge in [0.2, 0.25) is 0 Å². The number of nitrogens with one attached hydrogen (secondary N) is 3. The van der Waals surface area contributed by atoms with Crippen LogP contribution in [0.15, 0.2) is 66.4 Å². The van der Waals surface area contributed by atoms with E-state index in [0.717, 1.165) is 5.56 Å². The molecule has 1 aromatic rings. The molecule has 2 amide bonds. The molecule has 0 spiro atoms. The molecule has 2 rings (SSSR count). The van der Waals surface area contributed by atoms with Crippen molar-refractivity contribution in [1.29, 1.82) is 0 Å². The van der Waals surface area contributed by atoms with Crippen LogP contribution in [0.3, 0.4) is 0 Å². The lowest BCUT2D eigenvalue weighted by Crippen LogP contribution is -2.39. The molecule has 2 atom stereocenters. The van der Waals surface area contributed by atoms with Crippen molar-refractivity contribution in [1.82, 2.24) is 15.6 Å². The third kappa shape index (κ3) is 5.20. The Kier molecular flexibility index (Phi) is 6.51. The highest BCUT2D eigenvalue weighted by molar-refractivity contribution is 7.98. The predicted octanol–water partition coefficient (Wildman–Crippen LogP) is 2.91. The van der Waals surface area contributed by atoms with Gasteiger partial charge in [0.1, 0.15) is 5.92 Å². The van der Waals surface area contributed by atoms with E-state index in [4.69, 9.17) is 5.11 Å². The zero-order valence-electron chi connectivity index (χ0n) is 13.1. The van der Waals surface area contributed by atoms with E-state index < -0.39 is 17.9 Å². The van der Waals surface area contributed by atoms with Crippen LogP contribution >= 0.6 is 11.9 Å². The van der Waals surface area contributed by atoms with Gasteiger partial charge in [0.25, 0.3) is 0 Å². The number of rotatable bonds is 6. The molecular weight excluding hydrogens is 326 g/mol. The van der Waals surface area contributed by atoms with Crippen LogP contribution in [0, 0.1) is 5.92 Å². The van der Waals surface area contributed by atoms with Gasteiger partial charge >= 0.3 is 12.0 Å². The van der Waals surface area contributed by atoms with Crippen LogP contribution in [0.5, 0.6) is 0 Å². The monoisotopic (exact) mass is 345 g/mol. The molecule has 0 aliphatic heterocycles. The third-order valence-electron chi connectivity index (χ3n) is 3.35. The second-order valence-electron chi connectivity index (χ2n) is 5.08. The second-order valence-corrected chi connectivity index (χ2v) is 6.22. The van der Waals surface area contributed by atoms with Crippen molar-refractivity contribution in [3.05, 3.63) is 72.0 Å². The molecule has 7 heteroatoms. The van der Waals surface area contributed by atoms with E-state index in [-0.39, 0.29) is 5.25 Å². The number of benzene rings is 1. The predicted molar refractivity (Wildman–Crippen MR) is 94.7 cm³/mol. The molecule has 1 aromatic carbocycles. The first-order valence-electron chi connectivity index (χ1n) is 7.38. The number of urea groups is 1. The molecule has 126 valence electrons. The highest BCUT2D eigenvalue weighted by Crippen LogP contribution is 2.24. The number of hydrogen-bond acceptors (Lipinski definition) is 4. The first-order chi connectivity index (χ1) is 11.6. The summed E-state index contributed by atoms with van der Waals surface area (Å²) in [6, 6.07) is 9.42. The number of carboxylic acid groups (broad SMARTS) is 1. The molecule has 0 saturated heterocycles. The van der Waals surface area contributed by atoms with Crippen LogP contribution in [0.25, 0.3) is 0 Å². The number of carbonyl (C=O) groups is 2. The largest absolute Gasteiger partial charge is 0.481 e. The van der Waals surface area contributed by atoms with Gasteiger partial charge < -0.3 is 10.5 Å². The number of allylic oxidation sites excluding steroid dienone is 3. The van der Waals surface area contributed by atoms with Crippen molar-refractivity contribution in [3.8, 4) is 0 Å². The van der Waals surface area contributed by atoms with E-state index in [1.165, 1.54) is 18.1 Å². The Morgan fingerprint density at radius 3 is 2.71 bits per heavy atom. The minimum Gasteiger partial charge on any atom is -0.481 e. The molecule has 1 aliphatic carbocycles. The van der Waals surface area contributed by atoms with E-state index >= 15 is 0 Å². The molecule has 1 unspecified atom stereocenters. The maximum atomic E-state index is 11.8. The highest BCUT2D eigenvalue weighted by Gasteiger charge is 2.18. The Morgan fingerprint density at radius 2 is 2.00 bits per heavy atom. The smallest absolute Gasteiger partial charge is 0.343 e. The van der Waals surface area contributed by atoms with Crippen LogP contribution in [-0.4, -0.2) is 17.1 Å². The van der Waals surface area contributed by atoms with Crippen molar-refractivity contribution in [2.45, 2.75) is 12.2 Å². The maximum absolute atomic E-state index is 11.8. The quantitative estimate of drug-likeness (QED) is 0.470. The molecule has 1 aliphatic rings. The lowest BCUT2D eigenvalue weighted by Gasteiger charge is -2.14. The lowest BCUT2D eigenvalue weighted by molar-refractivity contribution is -0.138. The van der Waals surface area contributed by atoms with Gasteiger partial charge in [-0.3, -0.25) is 14.9 Å². The summed E-state index contributed by atoms with van der Waals surface area (Å²) in [6.07, 6.45) is 8.14. The fraction of sp³-hybridized carbons (Fsp3) is 0.176. The Bertz CT molecular complexity index is 671. The molecule has 0 radical (unpaired) electrons. The van der Waals surface area contributed by atoms with Crippen LogP contribution in [0.1, 0.15) is 17.7 Å². The van der Waals surface area contributed by atoms with Crippen molar-refractivity contribution >= 4 is 23.9 Å². The summed E-state index contributed by atoms with van der Waals surface area (Å²) in [7, 11) is 0. The van der Waals surface area contributed by atoms with Crippen molar-refractivity contribution < 1.29 is 14.7 Å². The summed E-state index contributed by atoms with van der Waals surface area (Å²) < 4.78 is 2.68. The molecule has 0 saturated carbocycles. The number of hydrogen-bond donors (Lipinski definition) is 4. The Balaban J connectivity index is 1.77. The van der Waals surface area contributed by atoms with Gasteiger partial charge in [-0.15, -0.1) is 0 Å². The van der Waals surface area contributed by atoms with E-state index in [1.807, 2.05) is 37.3 Å². The summed E-state index contributed by atoms with van der Waals surface area (Å²) in [5.41, 5.74) is 6.73. The van der Waals surface area contributed by atoms with Crippen molar-refractivity contribution in [2.24, 2.45) is 5.92 Å². The van der Waals surface area contributed by atoms with Crippen LogP contribution in [0.4, 0.5) is 4.79 Å².